The molecule has 16 heavy (non-hydrogen) atoms. The van der Waals surface area contributed by atoms with E-state index in [4.69, 9.17) is 0 Å². The molecule has 2 nitrogen and oxygen atoms in total. The Morgan fingerprint density at radius 3 is 2.62 bits per heavy atom. The molecule has 1 fully saturated rings. The van der Waals surface area contributed by atoms with E-state index in [2.05, 4.69) is 24.1 Å². The summed E-state index contributed by atoms with van der Waals surface area (Å²) in [5.41, 5.74) is 0. The molecule has 1 unspecified atom stereocenters. The summed E-state index contributed by atoms with van der Waals surface area (Å²) < 4.78 is 35.7. The Kier molecular flexibility index (Phi) is 5.05. The van der Waals surface area contributed by atoms with Gasteiger partial charge < -0.3 is 10.2 Å². The first kappa shape index (κ1) is 13.8. The van der Waals surface area contributed by atoms with E-state index in [1.54, 1.807) is 0 Å². The summed E-state index contributed by atoms with van der Waals surface area (Å²) in [6.07, 6.45) is -3.08. The first-order valence-corrected chi connectivity index (χ1v) is 5.86. The normalized spacial score (nSPS) is 23.2. The summed E-state index contributed by atoms with van der Waals surface area (Å²) in [5.74, 6) is 1.00. The Bertz CT molecular complexity index is 204. The van der Waals surface area contributed by atoms with Crippen LogP contribution in [0.15, 0.2) is 0 Å². The smallest absolute Gasteiger partial charge is 0.308 e. The third-order valence-electron chi connectivity index (χ3n) is 2.75. The SMILES string of the molecule is CC(C)CN1CCC(CNCC(F)(F)F)C1. The maximum Gasteiger partial charge on any atom is 0.401 e. The number of hydrogen-bond acceptors (Lipinski definition) is 2. The number of rotatable bonds is 5. The molecule has 0 amide bonds. The predicted octanol–water partition coefficient (Wildman–Crippen LogP) is 2.12. The number of alkyl halides is 3. The lowest BCUT2D eigenvalue weighted by Gasteiger charge is -2.18. The Morgan fingerprint density at radius 2 is 2.06 bits per heavy atom. The minimum Gasteiger partial charge on any atom is -0.308 e. The maximum atomic E-state index is 11.9. The third kappa shape index (κ3) is 5.70. The van der Waals surface area contributed by atoms with Crippen molar-refractivity contribution in [2.24, 2.45) is 11.8 Å². The molecule has 1 N–H and O–H groups in total. The second kappa shape index (κ2) is 5.87. The highest BCUT2D eigenvalue weighted by Crippen LogP contribution is 2.17. The van der Waals surface area contributed by atoms with Crippen LogP contribution >= 0.6 is 0 Å². The van der Waals surface area contributed by atoms with Crippen LogP contribution in [0, 0.1) is 11.8 Å². The van der Waals surface area contributed by atoms with Gasteiger partial charge in [0.1, 0.15) is 0 Å². The predicted molar refractivity (Wildman–Crippen MR) is 58.3 cm³/mol. The molecule has 0 aromatic carbocycles. The molecule has 0 bridgehead atoms. The van der Waals surface area contributed by atoms with Crippen LogP contribution in [-0.2, 0) is 0 Å². The van der Waals surface area contributed by atoms with Crippen molar-refractivity contribution in [3.05, 3.63) is 0 Å². The van der Waals surface area contributed by atoms with Crippen molar-refractivity contribution in [2.45, 2.75) is 26.4 Å². The van der Waals surface area contributed by atoms with Gasteiger partial charge in [-0.2, -0.15) is 13.2 Å². The van der Waals surface area contributed by atoms with Gasteiger partial charge in [0.2, 0.25) is 0 Å². The molecule has 0 aliphatic carbocycles. The van der Waals surface area contributed by atoms with E-state index < -0.39 is 12.7 Å². The van der Waals surface area contributed by atoms with Crippen molar-refractivity contribution >= 4 is 0 Å². The first-order chi connectivity index (χ1) is 7.37. The van der Waals surface area contributed by atoms with Crippen LogP contribution in [0.2, 0.25) is 0 Å². The van der Waals surface area contributed by atoms with Gasteiger partial charge in [0, 0.05) is 13.1 Å². The zero-order valence-corrected chi connectivity index (χ0v) is 9.98. The number of hydrogen-bond donors (Lipinski definition) is 1. The van der Waals surface area contributed by atoms with Gasteiger partial charge in [-0.05, 0) is 31.3 Å². The van der Waals surface area contributed by atoms with Gasteiger partial charge in [-0.25, -0.2) is 0 Å². The summed E-state index contributed by atoms with van der Waals surface area (Å²) in [6.45, 7) is 6.95. The van der Waals surface area contributed by atoms with Gasteiger partial charge >= 0.3 is 6.18 Å². The summed E-state index contributed by atoms with van der Waals surface area (Å²) in [7, 11) is 0. The lowest BCUT2D eigenvalue weighted by Crippen LogP contribution is -2.34. The standard InChI is InChI=1S/C11H21F3N2/c1-9(2)6-16-4-3-10(7-16)5-15-8-11(12,13)14/h9-10,15H,3-8H2,1-2H3. The van der Waals surface area contributed by atoms with Gasteiger partial charge in [0.15, 0.2) is 0 Å². The minimum atomic E-state index is -4.09. The largest absolute Gasteiger partial charge is 0.401 e. The van der Waals surface area contributed by atoms with Crippen LogP contribution in [0.5, 0.6) is 0 Å². The zero-order chi connectivity index (χ0) is 12.2. The molecule has 1 aliphatic heterocycles. The highest BCUT2D eigenvalue weighted by Gasteiger charge is 2.28. The van der Waals surface area contributed by atoms with Crippen LogP contribution in [0.3, 0.4) is 0 Å². The van der Waals surface area contributed by atoms with Crippen LogP contribution in [0.25, 0.3) is 0 Å². The molecule has 5 heteroatoms. The average Bonchev–Trinajstić information content (AvgIpc) is 2.49. The lowest BCUT2D eigenvalue weighted by atomic mass is 10.1. The zero-order valence-electron chi connectivity index (χ0n) is 9.98. The van der Waals surface area contributed by atoms with E-state index in [0.717, 1.165) is 26.1 Å². The number of nitrogens with one attached hydrogen (secondary N) is 1. The van der Waals surface area contributed by atoms with E-state index in [9.17, 15) is 13.2 Å². The van der Waals surface area contributed by atoms with Gasteiger partial charge in [0.25, 0.3) is 0 Å². The molecule has 1 rings (SSSR count). The molecule has 0 aromatic heterocycles. The lowest BCUT2D eigenvalue weighted by molar-refractivity contribution is -0.125. The molecule has 0 spiro atoms. The van der Waals surface area contributed by atoms with Crippen molar-refractivity contribution in [3.8, 4) is 0 Å². The third-order valence-corrected chi connectivity index (χ3v) is 2.75. The van der Waals surface area contributed by atoms with Crippen molar-refractivity contribution < 1.29 is 13.2 Å². The molecular formula is C11H21F3N2. The molecule has 0 saturated carbocycles. The fourth-order valence-electron chi connectivity index (χ4n) is 2.18. The monoisotopic (exact) mass is 238 g/mol. The highest BCUT2D eigenvalue weighted by atomic mass is 19.4. The molecule has 0 aromatic rings. The number of halogens is 3. The molecule has 96 valence electrons. The second-order valence-corrected chi connectivity index (χ2v) is 5.05. The summed E-state index contributed by atoms with van der Waals surface area (Å²) in [5, 5.41) is 2.49. The summed E-state index contributed by atoms with van der Waals surface area (Å²) >= 11 is 0. The molecule has 0 radical (unpaired) electrons. The van der Waals surface area contributed by atoms with Crippen molar-refractivity contribution in [1.29, 1.82) is 0 Å². The highest BCUT2D eigenvalue weighted by molar-refractivity contribution is 4.78. The Morgan fingerprint density at radius 1 is 1.38 bits per heavy atom. The van der Waals surface area contributed by atoms with Gasteiger partial charge in [-0.3, -0.25) is 0 Å². The van der Waals surface area contributed by atoms with Gasteiger partial charge in [0.05, 0.1) is 6.54 Å². The van der Waals surface area contributed by atoms with Crippen molar-refractivity contribution in [3.63, 3.8) is 0 Å². The fourth-order valence-corrected chi connectivity index (χ4v) is 2.18. The Labute approximate surface area is 95.2 Å². The van der Waals surface area contributed by atoms with Crippen LogP contribution in [0.4, 0.5) is 13.2 Å². The van der Waals surface area contributed by atoms with E-state index in [0.29, 0.717) is 18.4 Å². The quantitative estimate of drug-likeness (QED) is 0.789. The van der Waals surface area contributed by atoms with E-state index in [1.165, 1.54) is 0 Å². The number of nitrogens with zero attached hydrogens (tertiary/aromatic N) is 1. The molecule has 1 heterocycles. The molecular weight excluding hydrogens is 217 g/mol. The topological polar surface area (TPSA) is 15.3 Å². The maximum absolute atomic E-state index is 11.9. The van der Waals surface area contributed by atoms with Crippen LogP contribution in [0.1, 0.15) is 20.3 Å². The first-order valence-electron chi connectivity index (χ1n) is 5.86. The molecule has 1 atom stereocenters. The van der Waals surface area contributed by atoms with Gasteiger partial charge in [-0.1, -0.05) is 13.8 Å². The van der Waals surface area contributed by atoms with E-state index in [-0.39, 0.29) is 0 Å². The Hall–Kier alpha value is -0.290. The minimum absolute atomic E-state index is 0.376. The van der Waals surface area contributed by atoms with E-state index in [1.807, 2.05) is 0 Å². The summed E-state index contributed by atoms with van der Waals surface area (Å²) in [4.78, 5) is 2.34. The molecule has 1 saturated heterocycles. The van der Waals surface area contributed by atoms with Crippen LogP contribution < -0.4 is 5.32 Å². The molecule has 1 aliphatic rings. The second-order valence-electron chi connectivity index (χ2n) is 5.05. The Balaban J connectivity index is 2.12. The van der Waals surface area contributed by atoms with Gasteiger partial charge in [-0.15, -0.1) is 0 Å². The van der Waals surface area contributed by atoms with Crippen molar-refractivity contribution in [2.75, 3.05) is 32.7 Å². The van der Waals surface area contributed by atoms with Crippen LogP contribution in [-0.4, -0.2) is 43.8 Å². The van der Waals surface area contributed by atoms with Crippen molar-refractivity contribution in [1.82, 2.24) is 10.2 Å². The number of likely N-dealkylation sites (tertiary alicyclic amines) is 1. The van der Waals surface area contributed by atoms with E-state index >= 15 is 0 Å². The summed E-state index contributed by atoms with van der Waals surface area (Å²) in [6, 6.07) is 0. The average molecular weight is 238 g/mol. The fraction of sp³-hybridized carbons (Fsp3) is 1.00.